The molecule has 0 saturated heterocycles. The monoisotopic (exact) mass is 313 g/mol. The minimum Gasteiger partial charge on any atom is -0.453 e. The summed E-state index contributed by atoms with van der Waals surface area (Å²) in [5.74, 6) is 1.16. The Morgan fingerprint density at radius 2 is 1.95 bits per heavy atom. The van der Waals surface area contributed by atoms with Crippen LogP contribution in [0, 0.1) is 0 Å². The Balaban J connectivity index is 1.84. The van der Waals surface area contributed by atoms with Gasteiger partial charge in [0.1, 0.15) is 23.3 Å². The third-order valence-corrected chi connectivity index (χ3v) is 3.24. The zero-order valence-electron chi connectivity index (χ0n) is 11.0. The van der Waals surface area contributed by atoms with Gasteiger partial charge in [0.15, 0.2) is 17.9 Å². The van der Waals surface area contributed by atoms with Crippen LogP contribution in [-0.2, 0) is 0 Å². The molecule has 4 heterocycles. The van der Waals surface area contributed by atoms with Gasteiger partial charge < -0.3 is 13.8 Å². The number of imidazole rings is 1. The highest BCUT2D eigenvalue weighted by atomic mass is 35.5. The number of hydrogen-bond acceptors (Lipinski definition) is 6. The molecular weight excluding hydrogens is 306 g/mol. The first kappa shape index (κ1) is 12.8. The average molecular weight is 314 g/mol. The number of oxazole rings is 1. The van der Waals surface area contributed by atoms with Crippen molar-refractivity contribution in [2.24, 2.45) is 0 Å². The van der Waals surface area contributed by atoms with E-state index >= 15 is 0 Å². The summed E-state index contributed by atoms with van der Waals surface area (Å²) in [6.07, 6.45) is 7.76. The second-order valence-electron chi connectivity index (χ2n) is 4.39. The highest BCUT2D eigenvalue weighted by Crippen LogP contribution is 2.33. The van der Waals surface area contributed by atoms with E-state index in [9.17, 15) is 0 Å². The van der Waals surface area contributed by atoms with Gasteiger partial charge in [0, 0.05) is 12.4 Å². The molecule has 0 atom stereocenters. The Morgan fingerprint density at radius 1 is 1.05 bits per heavy atom. The van der Waals surface area contributed by atoms with Gasteiger partial charge in [0.25, 0.3) is 0 Å². The topological polar surface area (TPSA) is 93.6 Å². The van der Waals surface area contributed by atoms with E-state index in [-0.39, 0.29) is 5.28 Å². The number of hydrogen-bond donors (Lipinski definition) is 1. The van der Waals surface area contributed by atoms with Crippen molar-refractivity contribution in [2.45, 2.75) is 0 Å². The first-order valence-corrected chi connectivity index (χ1v) is 6.69. The number of nitrogens with zero attached hydrogens (tertiary/aromatic N) is 4. The zero-order chi connectivity index (χ0) is 14.9. The molecule has 0 radical (unpaired) electrons. The minimum atomic E-state index is 0.125. The van der Waals surface area contributed by atoms with Gasteiger partial charge in [0.05, 0.1) is 11.9 Å². The summed E-state index contributed by atoms with van der Waals surface area (Å²) < 4.78 is 10.8. The van der Waals surface area contributed by atoms with Gasteiger partial charge in [-0.3, -0.25) is 0 Å². The summed E-state index contributed by atoms with van der Waals surface area (Å²) in [7, 11) is 0. The average Bonchev–Trinajstić information content (AvgIpc) is 3.27. The third-order valence-electron chi connectivity index (χ3n) is 3.06. The molecule has 0 bridgehead atoms. The fraction of sp³-hybridized carbons (Fsp3) is 0. The van der Waals surface area contributed by atoms with Crippen LogP contribution in [0.25, 0.3) is 34.2 Å². The predicted molar refractivity (Wildman–Crippen MR) is 77.8 cm³/mol. The third kappa shape index (κ3) is 2.17. The highest BCUT2D eigenvalue weighted by molar-refractivity contribution is 6.28. The first-order chi connectivity index (χ1) is 10.8. The van der Waals surface area contributed by atoms with E-state index in [2.05, 4.69) is 24.9 Å². The van der Waals surface area contributed by atoms with Crippen LogP contribution in [0.5, 0.6) is 0 Å². The van der Waals surface area contributed by atoms with Crippen molar-refractivity contribution in [3.63, 3.8) is 0 Å². The Hall–Kier alpha value is -2.93. The van der Waals surface area contributed by atoms with Gasteiger partial charge in [-0.15, -0.1) is 0 Å². The van der Waals surface area contributed by atoms with Crippen molar-refractivity contribution >= 4 is 11.6 Å². The van der Waals surface area contributed by atoms with Crippen molar-refractivity contribution in [3.8, 4) is 34.2 Å². The maximum absolute atomic E-state index is 5.91. The quantitative estimate of drug-likeness (QED) is 0.582. The number of nitrogens with one attached hydrogen (secondary N) is 1. The van der Waals surface area contributed by atoms with Crippen LogP contribution >= 0.6 is 11.6 Å². The van der Waals surface area contributed by atoms with Crippen molar-refractivity contribution in [3.05, 3.63) is 48.8 Å². The number of rotatable bonds is 3. The Kier molecular flexibility index (Phi) is 2.97. The van der Waals surface area contributed by atoms with Crippen molar-refractivity contribution in [1.29, 1.82) is 0 Å². The van der Waals surface area contributed by atoms with Crippen LogP contribution in [0.4, 0.5) is 0 Å². The van der Waals surface area contributed by atoms with Crippen LogP contribution in [0.2, 0.25) is 5.28 Å². The van der Waals surface area contributed by atoms with Crippen LogP contribution in [-0.4, -0.2) is 24.9 Å². The number of aromatic nitrogens is 5. The molecule has 0 saturated carbocycles. The van der Waals surface area contributed by atoms with Gasteiger partial charge >= 0.3 is 0 Å². The summed E-state index contributed by atoms with van der Waals surface area (Å²) in [4.78, 5) is 19.4. The molecule has 0 amide bonds. The number of aromatic amines is 1. The van der Waals surface area contributed by atoms with Crippen LogP contribution in [0.3, 0.4) is 0 Å². The van der Waals surface area contributed by atoms with Gasteiger partial charge in [0.2, 0.25) is 5.28 Å². The summed E-state index contributed by atoms with van der Waals surface area (Å²) >= 11 is 5.91. The van der Waals surface area contributed by atoms with E-state index in [0.29, 0.717) is 34.2 Å². The van der Waals surface area contributed by atoms with Crippen LogP contribution in [0.1, 0.15) is 0 Å². The SMILES string of the molecule is Clc1ncc(-c2cocn2)c(-c2ccc(-c3c[nH]cn3)o2)n1. The Bertz CT molecular complexity index is 899. The summed E-state index contributed by atoms with van der Waals surface area (Å²) in [6, 6.07) is 3.61. The van der Waals surface area contributed by atoms with E-state index in [1.54, 1.807) is 24.8 Å². The molecule has 4 rings (SSSR count). The lowest BCUT2D eigenvalue weighted by molar-refractivity contribution is 0.558. The fourth-order valence-corrected chi connectivity index (χ4v) is 2.21. The number of halogens is 1. The molecule has 7 nitrogen and oxygen atoms in total. The van der Waals surface area contributed by atoms with Gasteiger partial charge in [-0.25, -0.2) is 19.9 Å². The van der Waals surface area contributed by atoms with Crippen molar-refractivity contribution in [1.82, 2.24) is 24.9 Å². The fourth-order valence-electron chi connectivity index (χ4n) is 2.08. The molecule has 4 aromatic rings. The predicted octanol–water partition coefficient (Wildman–Crippen LogP) is 3.44. The van der Waals surface area contributed by atoms with E-state index in [1.165, 1.54) is 12.7 Å². The summed E-state index contributed by atoms with van der Waals surface area (Å²) in [5, 5.41) is 0.125. The molecule has 0 aliphatic heterocycles. The van der Waals surface area contributed by atoms with Gasteiger partial charge in [-0.2, -0.15) is 0 Å². The second kappa shape index (κ2) is 5.12. The van der Waals surface area contributed by atoms with Crippen molar-refractivity contribution < 1.29 is 8.83 Å². The van der Waals surface area contributed by atoms with Crippen LogP contribution < -0.4 is 0 Å². The Labute approximate surface area is 129 Å². The second-order valence-corrected chi connectivity index (χ2v) is 4.73. The molecule has 108 valence electrons. The maximum Gasteiger partial charge on any atom is 0.223 e. The van der Waals surface area contributed by atoms with Gasteiger partial charge in [-0.05, 0) is 23.7 Å². The molecule has 0 aliphatic rings. The lowest BCUT2D eigenvalue weighted by Gasteiger charge is -2.03. The lowest BCUT2D eigenvalue weighted by Crippen LogP contribution is -1.91. The Morgan fingerprint density at radius 3 is 2.73 bits per heavy atom. The molecule has 4 aromatic heterocycles. The maximum atomic E-state index is 5.91. The van der Waals surface area contributed by atoms with E-state index in [0.717, 1.165) is 0 Å². The van der Waals surface area contributed by atoms with Crippen molar-refractivity contribution in [2.75, 3.05) is 0 Å². The smallest absolute Gasteiger partial charge is 0.223 e. The van der Waals surface area contributed by atoms with Gasteiger partial charge in [-0.1, -0.05) is 0 Å². The molecule has 0 spiro atoms. The van der Waals surface area contributed by atoms with Crippen LogP contribution in [0.15, 0.2) is 52.3 Å². The molecule has 8 heteroatoms. The van der Waals surface area contributed by atoms with E-state index in [4.69, 9.17) is 20.4 Å². The van der Waals surface area contributed by atoms with E-state index in [1.807, 2.05) is 6.07 Å². The molecule has 0 unspecified atom stereocenters. The number of H-pyrrole nitrogens is 1. The summed E-state index contributed by atoms with van der Waals surface area (Å²) in [5.41, 5.74) is 2.51. The molecule has 1 N–H and O–H groups in total. The molecule has 22 heavy (non-hydrogen) atoms. The summed E-state index contributed by atoms with van der Waals surface area (Å²) in [6.45, 7) is 0. The number of furan rings is 1. The zero-order valence-corrected chi connectivity index (χ0v) is 11.8. The standard InChI is InChI=1S/C14H8ClN5O2/c15-14-17-3-8(10-5-21-7-19-10)13(20-14)12-2-1-11(22-12)9-4-16-6-18-9/h1-7H,(H,16,18). The minimum absolute atomic E-state index is 0.125. The molecule has 0 aliphatic carbocycles. The highest BCUT2D eigenvalue weighted by Gasteiger charge is 2.17. The largest absolute Gasteiger partial charge is 0.453 e. The normalized spacial score (nSPS) is 11.0. The molecule has 0 fully saturated rings. The molecular formula is C14H8ClN5O2. The first-order valence-electron chi connectivity index (χ1n) is 6.32. The van der Waals surface area contributed by atoms with E-state index < -0.39 is 0 Å². The lowest BCUT2D eigenvalue weighted by atomic mass is 10.1. The molecule has 0 aromatic carbocycles.